The predicted molar refractivity (Wildman–Crippen MR) is 108 cm³/mol. The van der Waals surface area contributed by atoms with Gasteiger partial charge in [0.05, 0.1) is 16.7 Å². The molecule has 0 spiro atoms. The van der Waals surface area contributed by atoms with Crippen molar-refractivity contribution in [3.63, 3.8) is 0 Å². The zero-order valence-corrected chi connectivity index (χ0v) is 16.9. The third-order valence-corrected chi connectivity index (χ3v) is 7.50. The first-order chi connectivity index (χ1) is 13.0. The first kappa shape index (κ1) is 19.9. The Labute approximate surface area is 165 Å². The highest BCUT2D eigenvalue weighted by Gasteiger charge is 2.26. The van der Waals surface area contributed by atoms with E-state index in [1.165, 1.54) is 16.1 Å². The molecule has 0 aromatic heterocycles. The van der Waals surface area contributed by atoms with E-state index >= 15 is 0 Å². The van der Waals surface area contributed by atoms with Crippen molar-refractivity contribution in [1.82, 2.24) is 9.62 Å². The molecule has 144 valence electrons. The molecular weight excluding hydrogens is 380 g/mol. The van der Waals surface area contributed by atoms with Crippen LogP contribution in [0.2, 0.25) is 0 Å². The van der Waals surface area contributed by atoms with Crippen LogP contribution in [-0.2, 0) is 14.8 Å². The second-order valence-corrected chi connectivity index (χ2v) is 9.56. The van der Waals surface area contributed by atoms with Gasteiger partial charge in [-0.15, -0.1) is 11.8 Å². The number of rotatable bonds is 7. The number of carbonyl (C=O) groups is 1. The first-order valence-electron chi connectivity index (χ1n) is 9.04. The fourth-order valence-corrected chi connectivity index (χ4v) is 5.27. The average molecular weight is 405 g/mol. The third kappa shape index (κ3) is 5.12. The highest BCUT2D eigenvalue weighted by molar-refractivity contribution is 8.00. The largest absolute Gasteiger partial charge is 0.349 e. The monoisotopic (exact) mass is 404 g/mol. The summed E-state index contributed by atoms with van der Waals surface area (Å²) < 4.78 is 26.6. The maximum absolute atomic E-state index is 12.5. The lowest BCUT2D eigenvalue weighted by Crippen LogP contribution is -2.28. The van der Waals surface area contributed by atoms with Crippen LogP contribution in [0.5, 0.6) is 0 Å². The molecule has 1 fully saturated rings. The molecule has 5 nitrogen and oxygen atoms in total. The number of carbonyl (C=O) groups excluding carboxylic acids is 1. The number of nitrogens with zero attached hydrogens (tertiary/aromatic N) is 1. The van der Waals surface area contributed by atoms with E-state index in [0.29, 0.717) is 18.0 Å². The van der Waals surface area contributed by atoms with Gasteiger partial charge in [-0.25, -0.2) is 8.42 Å². The van der Waals surface area contributed by atoms with Crippen LogP contribution in [0, 0.1) is 0 Å². The van der Waals surface area contributed by atoms with E-state index in [4.69, 9.17) is 0 Å². The summed E-state index contributed by atoms with van der Waals surface area (Å²) in [5.41, 5.74) is 1.06. The van der Waals surface area contributed by atoms with Gasteiger partial charge in [-0.05, 0) is 49.6 Å². The Kier molecular flexibility index (Phi) is 6.57. The first-order valence-corrected chi connectivity index (χ1v) is 11.5. The molecule has 0 radical (unpaired) electrons. The number of hydrogen-bond acceptors (Lipinski definition) is 4. The van der Waals surface area contributed by atoms with E-state index in [1.807, 2.05) is 37.3 Å². The summed E-state index contributed by atoms with van der Waals surface area (Å²) in [6, 6.07) is 16.5. The molecule has 1 aliphatic rings. The van der Waals surface area contributed by atoms with E-state index in [2.05, 4.69) is 5.32 Å². The molecule has 7 heteroatoms. The minimum atomic E-state index is -3.39. The SMILES string of the molecule is CC(NC(=O)CSc1ccc(S(=O)(=O)N2CCCC2)cc1)c1ccccc1. The van der Waals surface area contributed by atoms with Gasteiger partial charge in [-0.1, -0.05) is 30.3 Å². The summed E-state index contributed by atoms with van der Waals surface area (Å²) in [5, 5.41) is 2.98. The molecule has 1 heterocycles. The van der Waals surface area contributed by atoms with Crippen LogP contribution < -0.4 is 5.32 Å². The van der Waals surface area contributed by atoms with Gasteiger partial charge in [-0.2, -0.15) is 4.31 Å². The molecule has 3 rings (SSSR count). The van der Waals surface area contributed by atoms with Crippen molar-refractivity contribution in [2.45, 2.75) is 35.6 Å². The third-order valence-electron chi connectivity index (χ3n) is 4.57. The number of nitrogens with one attached hydrogen (secondary N) is 1. The van der Waals surface area contributed by atoms with Crippen LogP contribution in [0.25, 0.3) is 0 Å². The minimum Gasteiger partial charge on any atom is -0.349 e. The predicted octanol–water partition coefficient (Wildman–Crippen LogP) is 3.44. The van der Waals surface area contributed by atoms with Gasteiger partial charge in [-0.3, -0.25) is 4.79 Å². The van der Waals surface area contributed by atoms with Gasteiger partial charge in [0, 0.05) is 18.0 Å². The molecule has 0 saturated carbocycles. The molecule has 2 aromatic rings. The van der Waals surface area contributed by atoms with Crippen LogP contribution in [0.3, 0.4) is 0 Å². The quantitative estimate of drug-likeness (QED) is 0.718. The Morgan fingerprint density at radius 1 is 1.07 bits per heavy atom. The molecule has 0 aliphatic carbocycles. The number of benzene rings is 2. The molecule has 1 amide bonds. The lowest BCUT2D eigenvalue weighted by Gasteiger charge is -2.16. The molecule has 1 atom stereocenters. The average Bonchev–Trinajstić information content (AvgIpc) is 3.23. The number of thioether (sulfide) groups is 1. The highest BCUT2D eigenvalue weighted by Crippen LogP contribution is 2.24. The Balaban J connectivity index is 1.53. The van der Waals surface area contributed by atoms with Crippen molar-refractivity contribution in [3.8, 4) is 0 Å². The summed E-state index contributed by atoms with van der Waals surface area (Å²) in [6.07, 6.45) is 1.84. The topological polar surface area (TPSA) is 66.5 Å². The van der Waals surface area contributed by atoms with Gasteiger partial charge >= 0.3 is 0 Å². The lowest BCUT2D eigenvalue weighted by atomic mass is 10.1. The maximum Gasteiger partial charge on any atom is 0.243 e. The summed E-state index contributed by atoms with van der Waals surface area (Å²) in [7, 11) is -3.39. The highest BCUT2D eigenvalue weighted by atomic mass is 32.2. The Morgan fingerprint density at radius 3 is 2.33 bits per heavy atom. The maximum atomic E-state index is 12.5. The molecular formula is C20H24N2O3S2. The fraction of sp³-hybridized carbons (Fsp3) is 0.350. The van der Waals surface area contributed by atoms with E-state index in [1.54, 1.807) is 24.3 Å². The minimum absolute atomic E-state index is 0.0488. The molecule has 27 heavy (non-hydrogen) atoms. The molecule has 0 bridgehead atoms. The molecule has 2 aromatic carbocycles. The Morgan fingerprint density at radius 2 is 1.70 bits per heavy atom. The van der Waals surface area contributed by atoms with E-state index < -0.39 is 10.0 Å². The zero-order valence-electron chi connectivity index (χ0n) is 15.3. The fourth-order valence-electron chi connectivity index (χ4n) is 3.04. The van der Waals surface area contributed by atoms with Gasteiger partial charge in [0.15, 0.2) is 0 Å². The number of sulfonamides is 1. The van der Waals surface area contributed by atoms with Crippen molar-refractivity contribution in [1.29, 1.82) is 0 Å². The summed E-state index contributed by atoms with van der Waals surface area (Å²) in [5.74, 6) is 0.236. The van der Waals surface area contributed by atoms with Crippen molar-refractivity contribution in [2.75, 3.05) is 18.8 Å². The van der Waals surface area contributed by atoms with Crippen LogP contribution in [0.15, 0.2) is 64.4 Å². The van der Waals surface area contributed by atoms with Gasteiger partial charge < -0.3 is 5.32 Å². The van der Waals surface area contributed by atoms with Crippen LogP contribution >= 0.6 is 11.8 Å². The Bertz CT molecular complexity index is 862. The lowest BCUT2D eigenvalue weighted by molar-refractivity contribution is -0.119. The number of hydrogen-bond donors (Lipinski definition) is 1. The smallest absolute Gasteiger partial charge is 0.243 e. The standard InChI is InChI=1S/C20H24N2O3S2/c1-16(17-7-3-2-4-8-17)21-20(23)15-26-18-9-11-19(12-10-18)27(24,25)22-13-5-6-14-22/h2-4,7-12,16H,5-6,13-15H2,1H3,(H,21,23). The van der Waals surface area contributed by atoms with Gasteiger partial charge in [0.1, 0.15) is 0 Å². The van der Waals surface area contributed by atoms with Gasteiger partial charge in [0.2, 0.25) is 15.9 Å². The summed E-state index contributed by atoms with van der Waals surface area (Å²) in [6.45, 7) is 3.15. The summed E-state index contributed by atoms with van der Waals surface area (Å²) in [4.78, 5) is 13.4. The van der Waals surface area contributed by atoms with E-state index in [-0.39, 0.29) is 17.7 Å². The molecule has 1 aliphatic heterocycles. The van der Waals surface area contributed by atoms with Crippen molar-refractivity contribution < 1.29 is 13.2 Å². The van der Waals surface area contributed by atoms with E-state index in [0.717, 1.165) is 23.3 Å². The summed E-state index contributed by atoms with van der Waals surface area (Å²) >= 11 is 1.40. The molecule has 1 N–H and O–H groups in total. The van der Waals surface area contributed by atoms with Crippen LogP contribution in [-0.4, -0.2) is 37.5 Å². The Hall–Kier alpha value is -1.83. The van der Waals surface area contributed by atoms with Crippen LogP contribution in [0.1, 0.15) is 31.4 Å². The van der Waals surface area contributed by atoms with Gasteiger partial charge in [0.25, 0.3) is 0 Å². The van der Waals surface area contributed by atoms with Crippen molar-refractivity contribution in [3.05, 3.63) is 60.2 Å². The second kappa shape index (κ2) is 8.91. The molecule has 1 saturated heterocycles. The van der Waals surface area contributed by atoms with Crippen molar-refractivity contribution >= 4 is 27.7 Å². The number of amides is 1. The normalized spacial score (nSPS) is 16.2. The van der Waals surface area contributed by atoms with Crippen LogP contribution in [0.4, 0.5) is 0 Å². The van der Waals surface area contributed by atoms with E-state index in [9.17, 15) is 13.2 Å². The van der Waals surface area contributed by atoms with Crippen molar-refractivity contribution in [2.24, 2.45) is 0 Å². The second-order valence-electron chi connectivity index (χ2n) is 6.57. The molecule has 1 unspecified atom stereocenters. The zero-order chi connectivity index (χ0) is 19.3.